The molecule has 0 unspecified atom stereocenters. The molecule has 7 heteroatoms. The van der Waals surface area contributed by atoms with Crippen LogP contribution in [0, 0.1) is 6.92 Å². The van der Waals surface area contributed by atoms with Gasteiger partial charge in [-0.2, -0.15) is 0 Å². The lowest BCUT2D eigenvalue weighted by Gasteiger charge is -1.93. The number of rotatable bonds is 3. The van der Waals surface area contributed by atoms with E-state index in [2.05, 4.69) is 9.72 Å². The van der Waals surface area contributed by atoms with Gasteiger partial charge in [-0.1, -0.05) is 34.7 Å². The largest absolute Gasteiger partial charge is 0.468 e. The molecule has 2 aromatic heterocycles. The van der Waals surface area contributed by atoms with Crippen molar-refractivity contribution >= 4 is 40.7 Å². The van der Waals surface area contributed by atoms with Crippen LogP contribution in [0.2, 0.25) is 5.15 Å². The zero-order chi connectivity index (χ0) is 12.4. The van der Waals surface area contributed by atoms with Crippen molar-refractivity contribution in [3.8, 4) is 0 Å². The van der Waals surface area contributed by atoms with E-state index in [1.54, 1.807) is 6.26 Å². The fraction of sp³-hybridized carbons (Fsp3) is 0.200. The van der Waals surface area contributed by atoms with Gasteiger partial charge in [0.25, 0.3) is 0 Å². The van der Waals surface area contributed by atoms with Crippen molar-refractivity contribution in [1.82, 2.24) is 4.98 Å². The van der Waals surface area contributed by atoms with Gasteiger partial charge in [0.05, 0.1) is 18.3 Å². The number of nitrogens with zero attached hydrogens (tertiary/aromatic N) is 1. The molecule has 0 aliphatic heterocycles. The summed E-state index contributed by atoms with van der Waals surface area (Å²) in [5.74, 6) is 0.337. The van der Waals surface area contributed by atoms with Crippen LogP contribution in [0.4, 0.5) is 0 Å². The number of methoxy groups -OCH3 is 1. The number of aromatic nitrogens is 1. The predicted octanol–water partition coefficient (Wildman–Crippen LogP) is 3.64. The van der Waals surface area contributed by atoms with E-state index in [1.807, 2.05) is 13.0 Å². The summed E-state index contributed by atoms with van der Waals surface area (Å²) in [6.45, 7) is 1.86. The first-order chi connectivity index (χ1) is 8.11. The minimum Gasteiger partial charge on any atom is -0.468 e. The Kier molecular flexibility index (Phi) is 3.76. The van der Waals surface area contributed by atoms with Gasteiger partial charge in [-0.15, -0.1) is 0 Å². The van der Waals surface area contributed by atoms with Crippen LogP contribution >= 0.6 is 34.7 Å². The minimum absolute atomic E-state index is 0.172. The van der Waals surface area contributed by atoms with Crippen LogP contribution in [0.1, 0.15) is 15.4 Å². The highest BCUT2D eigenvalue weighted by atomic mass is 35.5. The number of carbonyl (C=O) groups excluding carboxylic acids is 1. The van der Waals surface area contributed by atoms with Crippen molar-refractivity contribution in [2.45, 2.75) is 16.2 Å². The maximum Gasteiger partial charge on any atom is 0.351 e. The van der Waals surface area contributed by atoms with Gasteiger partial charge in [0, 0.05) is 0 Å². The summed E-state index contributed by atoms with van der Waals surface area (Å²) in [4.78, 5) is 16.7. The number of ether oxygens (including phenoxy) is 1. The first-order valence-corrected chi connectivity index (χ1v) is 6.59. The van der Waals surface area contributed by atoms with Crippen molar-refractivity contribution in [2.75, 3.05) is 7.11 Å². The molecule has 17 heavy (non-hydrogen) atoms. The SMILES string of the molecule is COC(=O)c1sc(Sc2ccoc2C)nc1Cl. The second kappa shape index (κ2) is 5.12. The first kappa shape index (κ1) is 12.5. The second-order valence-corrected chi connectivity index (χ2v) is 5.68. The van der Waals surface area contributed by atoms with Crippen molar-refractivity contribution in [3.63, 3.8) is 0 Å². The normalized spacial score (nSPS) is 10.5. The molecule has 0 N–H and O–H groups in total. The average Bonchev–Trinajstić information content (AvgIpc) is 2.86. The van der Waals surface area contributed by atoms with Crippen LogP contribution in [0.15, 0.2) is 26.0 Å². The van der Waals surface area contributed by atoms with E-state index in [1.165, 1.54) is 30.2 Å². The number of halogens is 1. The molecule has 4 nitrogen and oxygen atoms in total. The smallest absolute Gasteiger partial charge is 0.351 e. The minimum atomic E-state index is -0.469. The number of hydrogen-bond acceptors (Lipinski definition) is 6. The Hall–Kier alpha value is -0.980. The highest BCUT2D eigenvalue weighted by Crippen LogP contribution is 2.36. The first-order valence-electron chi connectivity index (χ1n) is 4.58. The van der Waals surface area contributed by atoms with Crippen LogP contribution in [0.3, 0.4) is 0 Å². The molecule has 0 amide bonds. The zero-order valence-electron chi connectivity index (χ0n) is 9.02. The third kappa shape index (κ3) is 2.65. The molecule has 0 radical (unpaired) electrons. The molecule has 0 aromatic carbocycles. The third-order valence-corrected chi connectivity index (χ3v) is 4.57. The average molecular weight is 290 g/mol. The Morgan fingerprint density at radius 1 is 1.65 bits per heavy atom. The molecule has 0 atom stereocenters. The lowest BCUT2D eigenvalue weighted by Crippen LogP contribution is -1.98. The molecule has 90 valence electrons. The molecule has 2 aromatic rings. The number of esters is 1. The summed E-state index contributed by atoms with van der Waals surface area (Å²) >= 11 is 8.47. The fourth-order valence-corrected chi connectivity index (χ4v) is 3.43. The summed E-state index contributed by atoms with van der Waals surface area (Å²) in [5, 5.41) is 0.172. The van der Waals surface area contributed by atoms with Crippen LogP contribution in [0.25, 0.3) is 0 Å². The van der Waals surface area contributed by atoms with Gasteiger partial charge in [-0.3, -0.25) is 0 Å². The summed E-state index contributed by atoms with van der Waals surface area (Å²) in [7, 11) is 1.31. The highest BCUT2D eigenvalue weighted by Gasteiger charge is 2.18. The number of hydrogen-bond donors (Lipinski definition) is 0. The molecular weight excluding hydrogens is 282 g/mol. The number of carbonyl (C=O) groups is 1. The van der Waals surface area contributed by atoms with Crippen LogP contribution in [-0.2, 0) is 4.74 Å². The van der Waals surface area contributed by atoms with E-state index >= 15 is 0 Å². The quantitative estimate of drug-likeness (QED) is 0.808. The fourth-order valence-electron chi connectivity index (χ4n) is 1.12. The Morgan fingerprint density at radius 3 is 3.00 bits per heavy atom. The van der Waals surface area contributed by atoms with E-state index in [0.29, 0.717) is 9.22 Å². The maximum atomic E-state index is 11.4. The monoisotopic (exact) mass is 289 g/mol. The van der Waals surface area contributed by atoms with Crippen molar-refractivity contribution < 1.29 is 13.9 Å². The Morgan fingerprint density at radius 2 is 2.41 bits per heavy atom. The van der Waals surface area contributed by atoms with E-state index in [4.69, 9.17) is 16.0 Å². The highest BCUT2D eigenvalue weighted by molar-refractivity contribution is 8.01. The Labute approximate surface area is 111 Å². The Bertz CT molecular complexity index is 549. The predicted molar refractivity (Wildman–Crippen MR) is 66.0 cm³/mol. The van der Waals surface area contributed by atoms with Gasteiger partial charge >= 0.3 is 5.97 Å². The van der Waals surface area contributed by atoms with Crippen molar-refractivity contribution in [1.29, 1.82) is 0 Å². The number of aryl methyl sites for hydroxylation is 1. The summed E-state index contributed by atoms with van der Waals surface area (Å²) in [6, 6.07) is 1.84. The molecule has 2 heterocycles. The molecule has 0 saturated carbocycles. The lowest BCUT2D eigenvalue weighted by molar-refractivity contribution is 0.0606. The summed E-state index contributed by atoms with van der Waals surface area (Å²) < 4.78 is 10.5. The number of thiazole rings is 1. The lowest BCUT2D eigenvalue weighted by atomic mass is 10.5. The summed E-state index contributed by atoms with van der Waals surface area (Å²) in [5.41, 5.74) is 0. The molecular formula is C10H8ClNO3S2. The molecule has 2 rings (SSSR count). The maximum absolute atomic E-state index is 11.4. The van der Waals surface area contributed by atoms with E-state index in [9.17, 15) is 4.79 Å². The third-order valence-electron chi connectivity index (χ3n) is 1.95. The molecule has 0 spiro atoms. The Balaban J connectivity index is 2.24. The van der Waals surface area contributed by atoms with Crippen molar-refractivity contribution in [3.05, 3.63) is 28.1 Å². The van der Waals surface area contributed by atoms with Crippen LogP contribution < -0.4 is 0 Å². The van der Waals surface area contributed by atoms with Crippen LogP contribution in [-0.4, -0.2) is 18.1 Å². The zero-order valence-corrected chi connectivity index (χ0v) is 11.4. The topological polar surface area (TPSA) is 52.3 Å². The van der Waals surface area contributed by atoms with Gasteiger partial charge in [-0.25, -0.2) is 9.78 Å². The number of furan rings is 1. The van der Waals surface area contributed by atoms with Gasteiger partial charge < -0.3 is 9.15 Å². The molecule has 0 bridgehead atoms. The molecule has 0 saturated heterocycles. The molecule has 0 aliphatic rings. The second-order valence-electron chi connectivity index (χ2n) is 3.03. The molecule has 0 fully saturated rings. The van der Waals surface area contributed by atoms with Gasteiger partial charge in [0.2, 0.25) is 0 Å². The van der Waals surface area contributed by atoms with Gasteiger partial charge in [-0.05, 0) is 13.0 Å². The van der Waals surface area contributed by atoms with E-state index in [0.717, 1.165) is 10.7 Å². The van der Waals surface area contributed by atoms with Gasteiger partial charge in [0.15, 0.2) is 14.4 Å². The van der Waals surface area contributed by atoms with Crippen LogP contribution in [0.5, 0.6) is 0 Å². The van der Waals surface area contributed by atoms with Gasteiger partial charge in [0.1, 0.15) is 5.76 Å². The standard InChI is InChI=1S/C10H8ClNO3S2/c1-5-6(3-4-15-5)16-10-12-8(11)7(17-10)9(13)14-2/h3-4H,1-2H3. The molecule has 0 aliphatic carbocycles. The van der Waals surface area contributed by atoms with E-state index < -0.39 is 5.97 Å². The summed E-state index contributed by atoms with van der Waals surface area (Å²) in [6.07, 6.45) is 1.61. The van der Waals surface area contributed by atoms with E-state index in [-0.39, 0.29) is 5.15 Å². The van der Waals surface area contributed by atoms with Crippen molar-refractivity contribution in [2.24, 2.45) is 0 Å².